The van der Waals surface area contributed by atoms with Crippen molar-refractivity contribution in [3.63, 3.8) is 0 Å². The summed E-state index contributed by atoms with van der Waals surface area (Å²) in [6.45, 7) is 7.57. The van der Waals surface area contributed by atoms with Crippen LogP contribution >= 0.6 is 0 Å². The first-order chi connectivity index (χ1) is 9.83. The topological polar surface area (TPSA) is 24.5 Å². The lowest BCUT2D eigenvalue weighted by Crippen LogP contribution is -2.38. The lowest BCUT2D eigenvalue weighted by Gasteiger charge is -2.32. The minimum absolute atomic E-state index is 0.411. The zero-order chi connectivity index (χ0) is 14.2. The van der Waals surface area contributed by atoms with Gasteiger partial charge in [-0.25, -0.2) is 0 Å². The van der Waals surface area contributed by atoms with Gasteiger partial charge in [-0.15, -0.1) is 0 Å². The summed E-state index contributed by atoms with van der Waals surface area (Å²) < 4.78 is 5.51. The number of hydrogen-bond acceptors (Lipinski definition) is 3. The Morgan fingerprint density at radius 3 is 2.85 bits per heavy atom. The van der Waals surface area contributed by atoms with E-state index in [1.54, 1.807) is 0 Å². The van der Waals surface area contributed by atoms with E-state index >= 15 is 0 Å². The zero-order valence-corrected chi connectivity index (χ0v) is 12.9. The molecule has 1 aromatic rings. The van der Waals surface area contributed by atoms with Gasteiger partial charge in [0.1, 0.15) is 0 Å². The summed E-state index contributed by atoms with van der Waals surface area (Å²) in [6.07, 6.45) is 4.04. The van der Waals surface area contributed by atoms with Gasteiger partial charge in [-0.2, -0.15) is 0 Å². The van der Waals surface area contributed by atoms with Gasteiger partial charge in [0.05, 0.1) is 6.10 Å². The first-order valence-electron chi connectivity index (χ1n) is 7.86. The van der Waals surface area contributed by atoms with Gasteiger partial charge in [0.25, 0.3) is 0 Å². The number of ether oxygens (including phenoxy) is 1. The number of nitrogens with one attached hydrogen (secondary N) is 1. The van der Waals surface area contributed by atoms with Crippen molar-refractivity contribution in [2.75, 3.05) is 26.7 Å². The van der Waals surface area contributed by atoms with E-state index in [0.717, 1.165) is 26.2 Å². The average molecular weight is 276 g/mol. The summed E-state index contributed by atoms with van der Waals surface area (Å²) >= 11 is 0. The highest BCUT2D eigenvalue weighted by Crippen LogP contribution is 2.17. The molecule has 1 aliphatic heterocycles. The number of hydrogen-bond donors (Lipinski definition) is 1. The fourth-order valence-electron chi connectivity index (χ4n) is 2.87. The van der Waals surface area contributed by atoms with Gasteiger partial charge in [0, 0.05) is 26.7 Å². The molecule has 0 bridgehead atoms. The van der Waals surface area contributed by atoms with Gasteiger partial charge >= 0.3 is 0 Å². The summed E-state index contributed by atoms with van der Waals surface area (Å²) in [4.78, 5) is 2.52. The number of benzene rings is 1. The molecule has 1 aliphatic rings. The van der Waals surface area contributed by atoms with Crippen molar-refractivity contribution >= 4 is 0 Å². The Kier molecular flexibility index (Phi) is 6.51. The van der Waals surface area contributed by atoms with Crippen LogP contribution in [0.4, 0.5) is 0 Å². The average Bonchev–Trinajstić information content (AvgIpc) is 2.49. The summed E-state index contributed by atoms with van der Waals surface area (Å²) in [5.41, 5.74) is 2.88. The fourth-order valence-corrected chi connectivity index (χ4v) is 2.87. The first kappa shape index (κ1) is 15.5. The van der Waals surface area contributed by atoms with Gasteiger partial charge in [-0.3, -0.25) is 4.90 Å². The number of rotatable bonds is 7. The molecule has 0 spiro atoms. The molecule has 112 valence electrons. The monoisotopic (exact) mass is 276 g/mol. The molecule has 0 saturated carbocycles. The third-order valence-electron chi connectivity index (χ3n) is 4.05. The van der Waals surface area contributed by atoms with Crippen molar-refractivity contribution in [2.24, 2.45) is 0 Å². The number of nitrogens with zero attached hydrogens (tertiary/aromatic N) is 1. The molecule has 3 nitrogen and oxygen atoms in total. The number of likely N-dealkylation sites (tertiary alicyclic amines) is 1. The van der Waals surface area contributed by atoms with Crippen molar-refractivity contribution in [1.82, 2.24) is 10.2 Å². The highest BCUT2D eigenvalue weighted by Gasteiger charge is 2.19. The third kappa shape index (κ3) is 4.58. The van der Waals surface area contributed by atoms with Gasteiger partial charge in [-0.1, -0.05) is 31.2 Å². The fraction of sp³-hybridized carbons (Fsp3) is 0.647. The van der Waals surface area contributed by atoms with Gasteiger partial charge < -0.3 is 10.1 Å². The molecule has 0 amide bonds. The van der Waals surface area contributed by atoms with E-state index in [2.05, 4.69) is 41.4 Å². The molecule has 1 N–H and O–H groups in total. The van der Waals surface area contributed by atoms with E-state index in [4.69, 9.17) is 4.74 Å². The van der Waals surface area contributed by atoms with Crippen molar-refractivity contribution in [3.05, 3.63) is 35.4 Å². The second-order valence-electron chi connectivity index (χ2n) is 5.68. The smallest absolute Gasteiger partial charge is 0.0698 e. The summed E-state index contributed by atoms with van der Waals surface area (Å²) in [7, 11) is 1.83. The normalized spacial score (nSPS) is 20.2. The number of methoxy groups -OCH3 is 1. The Bertz CT molecular complexity index is 394. The molecule has 1 aromatic carbocycles. The molecule has 20 heavy (non-hydrogen) atoms. The Balaban J connectivity index is 1.94. The molecular formula is C17H28N2O. The Morgan fingerprint density at radius 2 is 2.10 bits per heavy atom. The third-order valence-corrected chi connectivity index (χ3v) is 4.05. The van der Waals surface area contributed by atoms with Crippen LogP contribution in [-0.4, -0.2) is 37.7 Å². The molecule has 2 rings (SSSR count). The van der Waals surface area contributed by atoms with Crippen molar-refractivity contribution in [1.29, 1.82) is 0 Å². The van der Waals surface area contributed by atoms with E-state index in [9.17, 15) is 0 Å². The lowest BCUT2D eigenvalue weighted by atomic mass is 10.0. The molecule has 0 radical (unpaired) electrons. The Morgan fingerprint density at radius 1 is 1.30 bits per heavy atom. The number of piperidine rings is 1. The Labute approximate surface area is 123 Å². The summed E-state index contributed by atoms with van der Waals surface area (Å²) in [5, 5.41) is 3.51. The lowest BCUT2D eigenvalue weighted by molar-refractivity contribution is 0.0284. The van der Waals surface area contributed by atoms with Crippen LogP contribution in [0.5, 0.6) is 0 Å². The SMILES string of the molecule is CCCNCc1ccccc1CN1CCCC(OC)C1. The maximum Gasteiger partial charge on any atom is 0.0698 e. The Hall–Kier alpha value is -0.900. The molecule has 1 atom stereocenters. The molecule has 1 heterocycles. The molecule has 1 unspecified atom stereocenters. The molecule has 1 saturated heterocycles. The van der Waals surface area contributed by atoms with Crippen LogP contribution in [0.3, 0.4) is 0 Å². The molecule has 3 heteroatoms. The van der Waals surface area contributed by atoms with Crippen LogP contribution in [0, 0.1) is 0 Å². The standard InChI is InChI=1S/C17H28N2O/c1-3-10-18-12-15-7-4-5-8-16(15)13-19-11-6-9-17(14-19)20-2/h4-5,7-8,17-18H,3,6,9-14H2,1-2H3. The van der Waals surface area contributed by atoms with Crippen molar-refractivity contribution in [3.8, 4) is 0 Å². The molecule has 0 aliphatic carbocycles. The maximum absolute atomic E-state index is 5.51. The second-order valence-corrected chi connectivity index (χ2v) is 5.68. The molecule has 1 fully saturated rings. The quantitative estimate of drug-likeness (QED) is 0.775. The predicted octanol–water partition coefficient (Wildman–Crippen LogP) is 2.80. The van der Waals surface area contributed by atoms with Crippen LogP contribution in [0.1, 0.15) is 37.3 Å². The predicted molar refractivity (Wildman–Crippen MR) is 83.7 cm³/mol. The highest BCUT2D eigenvalue weighted by atomic mass is 16.5. The van der Waals surface area contributed by atoms with Crippen LogP contribution < -0.4 is 5.32 Å². The summed E-state index contributed by atoms with van der Waals surface area (Å²) in [6, 6.07) is 8.80. The van der Waals surface area contributed by atoms with Gasteiger partial charge in [0.15, 0.2) is 0 Å². The minimum atomic E-state index is 0.411. The van der Waals surface area contributed by atoms with E-state index in [1.165, 1.54) is 36.9 Å². The van der Waals surface area contributed by atoms with E-state index in [0.29, 0.717) is 6.10 Å². The van der Waals surface area contributed by atoms with Gasteiger partial charge in [0.2, 0.25) is 0 Å². The van der Waals surface area contributed by atoms with Crippen LogP contribution in [0.25, 0.3) is 0 Å². The second kappa shape index (κ2) is 8.40. The largest absolute Gasteiger partial charge is 0.380 e. The zero-order valence-electron chi connectivity index (χ0n) is 12.9. The van der Waals surface area contributed by atoms with Crippen LogP contribution in [0.15, 0.2) is 24.3 Å². The minimum Gasteiger partial charge on any atom is -0.380 e. The van der Waals surface area contributed by atoms with E-state index in [1.807, 2.05) is 7.11 Å². The maximum atomic E-state index is 5.51. The molecular weight excluding hydrogens is 248 g/mol. The highest BCUT2D eigenvalue weighted by molar-refractivity contribution is 5.27. The van der Waals surface area contributed by atoms with E-state index in [-0.39, 0.29) is 0 Å². The summed E-state index contributed by atoms with van der Waals surface area (Å²) in [5.74, 6) is 0. The van der Waals surface area contributed by atoms with Crippen molar-refractivity contribution < 1.29 is 4.74 Å². The first-order valence-corrected chi connectivity index (χ1v) is 7.86. The molecule has 0 aromatic heterocycles. The van der Waals surface area contributed by atoms with E-state index < -0.39 is 0 Å². The van der Waals surface area contributed by atoms with Gasteiger partial charge in [-0.05, 0) is 43.5 Å². The van der Waals surface area contributed by atoms with Crippen molar-refractivity contribution in [2.45, 2.75) is 45.4 Å². The van der Waals surface area contributed by atoms with Crippen LogP contribution in [0.2, 0.25) is 0 Å². The van der Waals surface area contributed by atoms with Crippen LogP contribution in [-0.2, 0) is 17.8 Å².